The Balaban J connectivity index is 2.07. The molecule has 0 aromatic carbocycles. The van der Waals surface area contributed by atoms with Crippen LogP contribution in [0.2, 0.25) is 0 Å². The van der Waals surface area contributed by atoms with Gasteiger partial charge in [0.15, 0.2) is 0 Å². The quantitative estimate of drug-likeness (QED) is 0.571. The highest BCUT2D eigenvalue weighted by molar-refractivity contribution is 5.97. The SMILES string of the molecule is CC1CN(C2CCCN2)C(=O)CC(=O)N1. The molecule has 2 heterocycles. The van der Waals surface area contributed by atoms with Crippen LogP contribution in [0.1, 0.15) is 26.2 Å². The average Bonchev–Trinajstić information content (AvgIpc) is 2.62. The Labute approximate surface area is 89.2 Å². The van der Waals surface area contributed by atoms with E-state index in [-0.39, 0.29) is 30.4 Å². The van der Waals surface area contributed by atoms with Crippen molar-refractivity contribution in [1.29, 1.82) is 0 Å². The van der Waals surface area contributed by atoms with Crippen molar-refractivity contribution in [3.63, 3.8) is 0 Å². The van der Waals surface area contributed by atoms with Crippen LogP contribution in [-0.2, 0) is 9.59 Å². The molecule has 0 spiro atoms. The lowest BCUT2D eigenvalue weighted by molar-refractivity contribution is -0.136. The molecule has 2 atom stereocenters. The van der Waals surface area contributed by atoms with Gasteiger partial charge in [0.25, 0.3) is 0 Å². The third-order valence-corrected chi connectivity index (χ3v) is 2.92. The van der Waals surface area contributed by atoms with E-state index in [9.17, 15) is 9.59 Å². The first-order valence-electron chi connectivity index (χ1n) is 5.49. The number of rotatable bonds is 1. The van der Waals surface area contributed by atoms with E-state index in [0.717, 1.165) is 19.4 Å². The number of carbonyl (C=O) groups is 2. The predicted molar refractivity (Wildman–Crippen MR) is 55.0 cm³/mol. The maximum absolute atomic E-state index is 11.8. The molecule has 2 fully saturated rings. The minimum atomic E-state index is -0.159. The smallest absolute Gasteiger partial charge is 0.233 e. The van der Waals surface area contributed by atoms with Crippen LogP contribution in [0.5, 0.6) is 0 Å². The Bertz CT molecular complexity index is 274. The van der Waals surface area contributed by atoms with Crippen LogP contribution in [0.3, 0.4) is 0 Å². The molecule has 0 bridgehead atoms. The molecule has 2 rings (SSSR count). The number of nitrogens with one attached hydrogen (secondary N) is 2. The van der Waals surface area contributed by atoms with Gasteiger partial charge in [-0.25, -0.2) is 0 Å². The van der Waals surface area contributed by atoms with E-state index in [1.807, 2.05) is 6.92 Å². The molecule has 2 amide bonds. The summed E-state index contributed by atoms with van der Waals surface area (Å²) in [4.78, 5) is 24.9. The van der Waals surface area contributed by atoms with Gasteiger partial charge in [0.05, 0.1) is 6.17 Å². The summed E-state index contributed by atoms with van der Waals surface area (Å²) in [5.74, 6) is -0.218. The van der Waals surface area contributed by atoms with E-state index in [2.05, 4.69) is 10.6 Å². The van der Waals surface area contributed by atoms with Gasteiger partial charge in [-0.1, -0.05) is 0 Å². The molecule has 84 valence electrons. The van der Waals surface area contributed by atoms with Crippen LogP contribution in [0, 0.1) is 0 Å². The van der Waals surface area contributed by atoms with Crippen LogP contribution in [-0.4, -0.2) is 42.0 Å². The molecule has 0 aromatic heterocycles. The first-order valence-corrected chi connectivity index (χ1v) is 5.49. The topological polar surface area (TPSA) is 61.4 Å². The molecule has 2 aliphatic heterocycles. The fourth-order valence-electron chi connectivity index (χ4n) is 2.24. The van der Waals surface area contributed by atoms with Crippen molar-refractivity contribution >= 4 is 11.8 Å². The largest absolute Gasteiger partial charge is 0.351 e. The summed E-state index contributed by atoms with van der Waals surface area (Å²) >= 11 is 0. The molecule has 5 nitrogen and oxygen atoms in total. The third kappa shape index (κ3) is 2.28. The van der Waals surface area contributed by atoms with Gasteiger partial charge in [0.2, 0.25) is 11.8 Å². The number of carbonyl (C=O) groups excluding carboxylic acids is 2. The Morgan fingerprint density at radius 1 is 1.40 bits per heavy atom. The zero-order valence-corrected chi connectivity index (χ0v) is 8.95. The van der Waals surface area contributed by atoms with Crippen LogP contribution in [0.4, 0.5) is 0 Å². The van der Waals surface area contributed by atoms with Crippen molar-refractivity contribution < 1.29 is 9.59 Å². The molecule has 0 radical (unpaired) electrons. The molecule has 15 heavy (non-hydrogen) atoms. The van der Waals surface area contributed by atoms with Gasteiger partial charge in [-0.15, -0.1) is 0 Å². The van der Waals surface area contributed by atoms with Crippen molar-refractivity contribution in [2.24, 2.45) is 0 Å². The van der Waals surface area contributed by atoms with Gasteiger partial charge < -0.3 is 10.2 Å². The number of hydrogen-bond donors (Lipinski definition) is 2. The van der Waals surface area contributed by atoms with E-state index in [0.29, 0.717) is 6.54 Å². The Kier molecular flexibility index (Phi) is 2.90. The molecule has 2 N–H and O–H groups in total. The van der Waals surface area contributed by atoms with Crippen LogP contribution >= 0.6 is 0 Å². The van der Waals surface area contributed by atoms with Crippen molar-refractivity contribution in [1.82, 2.24) is 15.5 Å². The fourth-order valence-corrected chi connectivity index (χ4v) is 2.24. The highest BCUT2D eigenvalue weighted by atomic mass is 16.2. The first-order chi connectivity index (χ1) is 7.16. The van der Waals surface area contributed by atoms with Crippen molar-refractivity contribution in [3.8, 4) is 0 Å². The molecule has 2 aliphatic rings. The number of nitrogens with zero attached hydrogens (tertiary/aromatic N) is 1. The zero-order valence-electron chi connectivity index (χ0n) is 8.95. The highest BCUT2D eigenvalue weighted by Crippen LogP contribution is 2.14. The average molecular weight is 211 g/mol. The lowest BCUT2D eigenvalue weighted by atomic mass is 10.2. The third-order valence-electron chi connectivity index (χ3n) is 2.92. The van der Waals surface area contributed by atoms with Gasteiger partial charge >= 0.3 is 0 Å². The Hall–Kier alpha value is -1.10. The molecule has 5 heteroatoms. The maximum atomic E-state index is 11.8. The minimum absolute atomic E-state index is 0.0114. The summed E-state index contributed by atoms with van der Waals surface area (Å²) in [5.41, 5.74) is 0. The van der Waals surface area contributed by atoms with Crippen molar-refractivity contribution in [3.05, 3.63) is 0 Å². The second-order valence-electron chi connectivity index (χ2n) is 4.30. The summed E-state index contributed by atoms with van der Waals surface area (Å²) in [6, 6.07) is 0.0475. The Morgan fingerprint density at radius 3 is 2.87 bits per heavy atom. The fraction of sp³-hybridized carbons (Fsp3) is 0.800. The monoisotopic (exact) mass is 211 g/mol. The second kappa shape index (κ2) is 4.18. The van der Waals surface area contributed by atoms with Gasteiger partial charge in [-0.2, -0.15) is 0 Å². The van der Waals surface area contributed by atoms with Gasteiger partial charge in [-0.05, 0) is 26.3 Å². The van der Waals surface area contributed by atoms with Crippen molar-refractivity contribution in [2.45, 2.75) is 38.4 Å². The van der Waals surface area contributed by atoms with Gasteiger partial charge in [0.1, 0.15) is 6.42 Å². The molecule has 2 unspecified atom stereocenters. The highest BCUT2D eigenvalue weighted by Gasteiger charge is 2.31. The summed E-state index contributed by atoms with van der Waals surface area (Å²) in [5, 5.41) is 6.08. The standard InChI is InChI=1S/C10H17N3O2/c1-7-6-13(8-3-2-4-11-8)10(15)5-9(14)12-7/h7-8,11H,2-6H2,1H3,(H,12,14). The summed E-state index contributed by atoms with van der Waals surface area (Å²) in [6.07, 6.45) is 2.21. The van der Waals surface area contributed by atoms with E-state index in [1.165, 1.54) is 0 Å². The van der Waals surface area contributed by atoms with E-state index in [4.69, 9.17) is 0 Å². The van der Waals surface area contributed by atoms with E-state index >= 15 is 0 Å². The van der Waals surface area contributed by atoms with Crippen LogP contribution in [0.25, 0.3) is 0 Å². The van der Waals surface area contributed by atoms with Crippen LogP contribution < -0.4 is 10.6 Å². The normalized spacial score (nSPS) is 32.7. The lowest BCUT2D eigenvalue weighted by Gasteiger charge is -2.28. The van der Waals surface area contributed by atoms with Crippen molar-refractivity contribution in [2.75, 3.05) is 13.1 Å². The molecule has 0 aliphatic carbocycles. The summed E-state index contributed by atoms with van der Waals surface area (Å²) < 4.78 is 0. The van der Waals surface area contributed by atoms with Gasteiger partial charge in [-0.3, -0.25) is 14.9 Å². The first kappa shape index (κ1) is 10.4. The minimum Gasteiger partial charge on any atom is -0.351 e. The number of hydrogen-bond acceptors (Lipinski definition) is 3. The maximum Gasteiger partial charge on any atom is 0.233 e. The van der Waals surface area contributed by atoms with E-state index < -0.39 is 0 Å². The molecular weight excluding hydrogens is 194 g/mol. The molecular formula is C10H17N3O2. The summed E-state index contributed by atoms with van der Waals surface area (Å²) in [6.45, 7) is 3.50. The molecule has 0 aromatic rings. The zero-order chi connectivity index (χ0) is 10.8. The lowest BCUT2D eigenvalue weighted by Crippen LogP contribution is -2.48. The predicted octanol–water partition coefficient (Wildman–Crippen LogP) is -0.567. The Morgan fingerprint density at radius 2 is 2.20 bits per heavy atom. The second-order valence-corrected chi connectivity index (χ2v) is 4.30. The van der Waals surface area contributed by atoms with Gasteiger partial charge in [0, 0.05) is 12.6 Å². The summed E-state index contributed by atoms with van der Waals surface area (Å²) in [7, 11) is 0. The van der Waals surface area contributed by atoms with E-state index in [1.54, 1.807) is 4.90 Å². The molecule has 2 saturated heterocycles. The van der Waals surface area contributed by atoms with Crippen LogP contribution in [0.15, 0.2) is 0 Å². The number of amides is 2. The molecule has 0 saturated carbocycles.